The van der Waals surface area contributed by atoms with E-state index in [4.69, 9.17) is 4.74 Å². The Bertz CT molecular complexity index is 622. The van der Waals surface area contributed by atoms with Crippen LogP contribution in [0.25, 0.3) is 0 Å². The second-order valence-corrected chi connectivity index (χ2v) is 7.54. The van der Waals surface area contributed by atoms with Gasteiger partial charge in [-0.05, 0) is 31.5 Å². The summed E-state index contributed by atoms with van der Waals surface area (Å²) in [5.74, 6) is 0.646. The molecule has 7 heteroatoms. The second-order valence-electron chi connectivity index (χ2n) is 5.29. The minimum Gasteiger partial charge on any atom is -0.484 e. The number of rotatable bonds is 5. The Morgan fingerprint density at radius 2 is 1.91 bits per heavy atom. The molecule has 1 saturated heterocycles. The lowest BCUT2D eigenvalue weighted by atomic mass is 10.2. The molecular formula is C15H22N2O4S. The Morgan fingerprint density at radius 3 is 2.50 bits per heavy atom. The highest BCUT2D eigenvalue weighted by atomic mass is 32.2. The first-order valence-electron chi connectivity index (χ1n) is 7.37. The molecule has 1 aromatic carbocycles. The molecule has 2 rings (SSSR count). The molecule has 1 aliphatic heterocycles. The largest absolute Gasteiger partial charge is 0.484 e. The summed E-state index contributed by atoms with van der Waals surface area (Å²) in [6.07, 6.45) is 0. The highest BCUT2D eigenvalue weighted by Crippen LogP contribution is 2.13. The van der Waals surface area contributed by atoms with Gasteiger partial charge < -0.3 is 9.64 Å². The van der Waals surface area contributed by atoms with E-state index < -0.39 is 10.0 Å². The van der Waals surface area contributed by atoms with Gasteiger partial charge in [0.05, 0.1) is 5.75 Å². The van der Waals surface area contributed by atoms with Crippen LogP contribution in [0.1, 0.15) is 12.5 Å². The third-order valence-electron chi connectivity index (χ3n) is 3.70. The Hall–Kier alpha value is -1.60. The maximum Gasteiger partial charge on any atom is 0.260 e. The van der Waals surface area contributed by atoms with Crippen LogP contribution in [0.3, 0.4) is 0 Å². The minimum absolute atomic E-state index is 0.0238. The van der Waals surface area contributed by atoms with Gasteiger partial charge in [0.2, 0.25) is 10.0 Å². The van der Waals surface area contributed by atoms with Gasteiger partial charge in [0, 0.05) is 26.2 Å². The van der Waals surface area contributed by atoms with Crippen molar-refractivity contribution in [3.05, 3.63) is 29.8 Å². The van der Waals surface area contributed by atoms with Crippen molar-refractivity contribution in [1.82, 2.24) is 9.21 Å². The fourth-order valence-corrected chi connectivity index (χ4v) is 3.42. The summed E-state index contributed by atoms with van der Waals surface area (Å²) < 4.78 is 30.5. The number of benzene rings is 1. The Morgan fingerprint density at radius 1 is 1.23 bits per heavy atom. The maximum absolute atomic E-state index is 12.1. The van der Waals surface area contributed by atoms with Crippen LogP contribution in [-0.4, -0.2) is 62.1 Å². The van der Waals surface area contributed by atoms with Gasteiger partial charge in [-0.15, -0.1) is 0 Å². The van der Waals surface area contributed by atoms with E-state index in [1.807, 2.05) is 31.2 Å². The molecule has 0 spiro atoms. The SMILES string of the molecule is CCS(=O)(=O)N1CCN(C(=O)COc2cccc(C)c2)CC1. The average molecular weight is 326 g/mol. The van der Waals surface area contributed by atoms with Crippen LogP contribution in [0.2, 0.25) is 0 Å². The molecule has 0 aromatic heterocycles. The van der Waals surface area contributed by atoms with Crippen molar-refractivity contribution in [3.8, 4) is 5.75 Å². The number of hydrogen-bond donors (Lipinski definition) is 0. The number of piperazine rings is 1. The molecule has 1 amide bonds. The molecule has 0 N–H and O–H groups in total. The van der Waals surface area contributed by atoms with Gasteiger partial charge in [-0.3, -0.25) is 4.79 Å². The van der Waals surface area contributed by atoms with Crippen molar-refractivity contribution in [2.75, 3.05) is 38.5 Å². The molecule has 0 bridgehead atoms. The van der Waals surface area contributed by atoms with E-state index >= 15 is 0 Å². The van der Waals surface area contributed by atoms with Gasteiger partial charge in [-0.25, -0.2) is 8.42 Å². The second kappa shape index (κ2) is 7.11. The number of hydrogen-bond acceptors (Lipinski definition) is 4. The number of amides is 1. The first-order chi connectivity index (χ1) is 10.4. The number of aryl methyl sites for hydroxylation is 1. The number of carbonyl (C=O) groups excluding carboxylic acids is 1. The average Bonchev–Trinajstić information content (AvgIpc) is 2.53. The van der Waals surface area contributed by atoms with Crippen molar-refractivity contribution < 1.29 is 17.9 Å². The molecule has 1 fully saturated rings. The first kappa shape index (κ1) is 16.8. The lowest BCUT2D eigenvalue weighted by molar-refractivity contribution is -0.134. The number of sulfonamides is 1. The van der Waals surface area contributed by atoms with Gasteiger partial charge in [-0.2, -0.15) is 4.31 Å². The summed E-state index contributed by atoms with van der Waals surface area (Å²) >= 11 is 0. The van der Waals surface area contributed by atoms with Crippen LogP contribution >= 0.6 is 0 Å². The Balaban J connectivity index is 1.83. The summed E-state index contributed by atoms with van der Waals surface area (Å²) in [5, 5.41) is 0. The predicted octanol–water partition coefficient (Wildman–Crippen LogP) is 0.868. The van der Waals surface area contributed by atoms with Gasteiger partial charge in [0.15, 0.2) is 6.61 Å². The zero-order valence-corrected chi connectivity index (χ0v) is 13.8. The van der Waals surface area contributed by atoms with Crippen LogP contribution < -0.4 is 4.74 Å². The van der Waals surface area contributed by atoms with E-state index in [0.29, 0.717) is 31.9 Å². The highest BCUT2D eigenvalue weighted by Gasteiger charge is 2.27. The fourth-order valence-electron chi connectivity index (χ4n) is 2.34. The van der Waals surface area contributed by atoms with Gasteiger partial charge >= 0.3 is 0 Å². The lowest BCUT2D eigenvalue weighted by Crippen LogP contribution is -2.51. The Labute approximate surface area is 131 Å². The van der Waals surface area contributed by atoms with Gasteiger partial charge in [-0.1, -0.05) is 12.1 Å². The van der Waals surface area contributed by atoms with Crippen LogP contribution in [0.15, 0.2) is 24.3 Å². The van der Waals surface area contributed by atoms with E-state index in [-0.39, 0.29) is 18.3 Å². The van der Waals surface area contributed by atoms with Crippen molar-refractivity contribution in [2.45, 2.75) is 13.8 Å². The first-order valence-corrected chi connectivity index (χ1v) is 8.98. The van der Waals surface area contributed by atoms with E-state index in [1.165, 1.54) is 4.31 Å². The zero-order valence-electron chi connectivity index (χ0n) is 13.0. The van der Waals surface area contributed by atoms with Crippen LogP contribution in [-0.2, 0) is 14.8 Å². The van der Waals surface area contributed by atoms with Crippen molar-refractivity contribution in [3.63, 3.8) is 0 Å². The van der Waals surface area contributed by atoms with Crippen LogP contribution in [0.4, 0.5) is 0 Å². The standard InChI is InChI=1S/C15H22N2O4S/c1-3-22(19,20)17-9-7-16(8-10-17)15(18)12-21-14-6-4-5-13(2)11-14/h4-6,11H,3,7-10,12H2,1-2H3. The van der Waals surface area contributed by atoms with Crippen molar-refractivity contribution >= 4 is 15.9 Å². The maximum atomic E-state index is 12.1. The van der Waals surface area contributed by atoms with Crippen molar-refractivity contribution in [1.29, 1.82) is 0 Å². The monoisotopic (exact) mass is 326 g/mol. The topological polar surface area (TPSA) is 66.9 Å². The van der Waals surface area contributed by atoms with Gasteiger partial charge in [0.25, 0.3) is 5.91 Å². The normalized spacial score (nSPS) is 16.5. The fraction of sp³-hybridized carbons (Fsp3) is 0.533. The van der Waals surface area contributed by atoms with Crippen LogP contribution in [0.5, 0.6) is 5.75 Å². The quantitative estimate of drug-likeness (QED) is 0.805. The lowest BCUT2D eigenvalue weighted by Gasteiger charge is -2.33. The summed E-state index contributed by atoms with van der Waals surface area (Å²) in [5.41, 5.74) is 1.07. The molecule has 6 nitrogen and oxygen atoms in total. The third-order valence-corrected chi connectivity index (χ3v) is 5.58. The summed E-state index contributed by atoms with van der Waals surface area (Å²) in [4.78, 5) is 13.8. The number of ether oxygens (including phenoxy) is 1. The summed E-state index contributed by atoms with van der Waals surface area (Å²) in [7, 11) is -3.17. The molecule has 1 heterocycles. The molecule has 122 valence electrons. The molecule has 0 aliphatic carbocycles. The molecule has 0 atom stereocenters. The molecule has 1 aromatic rings. The molecule has 1 aliphatic rings. The molecule has 0 unspecified atom stereocenters. The smallest absolute Gasteiger partial charge is 0.260 e. The molecule has 22 heavy (non-hydrogen) atoms. The zero-order chi connectivity index (χ0) is 16.2. The third kappa shape index (κ3) is 4.20. The number of carbonyl (C=O) groups is 1. The van der Waals surface area contributed by atoms with Crippen LogP contribution in [0, 0.1) is 6.92 Å². The summed E-state index contributed by atoms with van der Waals surface area (Å²) in [6.45, 7) is 5.10. The highest BCUT2D eigenvalue weighted by molar-refractivity contribution is 7.89. The van der Waals surface area contributed by atoms with E-state index in [9.17, 15) is 13.2 Å². The predicted molar refractivity (Wildman–Crippen MR) is 84.3 cm³/mol. The van der Waals surface area contributed by atoms with E-state index in [1.54, 1.807) is 11.8 Å². The minimum atomic E-state index is -3.17. The summed E-state index contributed by atoms with van der Waals surface area (Å²) in [6, 6.07) is 7.52. The molecular weight excluding hydrogens is 304 g/mol. The van der Waals surface area contributed by atoms with Crippen molar-refractivity contribution in [2.24, 2.45) is 0 Å². The number of nitrogens with zero attached hydrogens (tertiary/aromatic N) is 2. The van der Waals surface area contributed by atoms with E-state index in [0.717, 1.165) is 5.56 Å². The Kier molecular flexibility index (Phi) is 5.42. The van der Waals surface area contributed by atoms with Gasteiger partial charge in [0.1, 0.15) is 5.75 Å². The van der Waals surface area contributed by atoms with E-state index in [2.05, 4.69) is 0 Å². The molecule has 0 radical (unpaired) electrons. The molecule has 0 saturated carbocycles.